The van der Waals surface area contributed by atoms with Crippen molar-refractivity contribution >= 4 is 40.6 Å². The number of halogens is 6. The molecular formula is C30H18ClF5N6O2. The summed E-state index contributed by atoms with van der Waals surface area (Å²) >= 11 is 6.46. The predicted molar refractivity (Wildman–Crippen MR) is 151 cm³/mol. The third kappa shape index (κ3) is 4.51. The molecule has 5 aromatic rings. The number of hydrogen-bond acceptors (Lipinski definition) is 4. The molecule has 4 heterocycles. The van der Waals surface area contributed by atoms with E-state index in [0.29, 0.717) is 52.6 Å². The molecule has 3 amide bonds. The number of nitrogens with one attached hydrogen (secondary N) is 2. The van der Waals surface area contributed by atoms with Gasteiger partial charge in [0.25, 0.3) is 5.91 Å². The highest BCUT2D eigenvalue weighted by Crippen LogP contribution is 2.50. The first kappa shape index (κ1) is 27.8. The lowest BCUT2D eigenvalue weighted by atomic mass is 9.87. The molecule has 2 aliphatic heterocycles. The summed E-state index contributed by atoms with van der Waals surface area (Å²) in [5, 5.41) is 9.76. The number of urea groups is 1. The number of pyridine rings is 1. The van der Waals surface area contributed by atoms with Crippen molar-refractivity contribution in [3.8, 4) is 11.1 Å². The Morgan fingerprint density at radius 3 is 2.66 bits per heavy atom. The number of benzene rings is 3. The lowest BCUT2D eigenvalue weighted by Gasteiger charge is -2.35. The topological polar surface area (TPSA) is 91.6 Å². The Labute approximate surface area is 250 Å². The van der Waals surface area contributed by atoms with Crippen LogP contribution >= 0.6 is 11.6 Å². The van der Waals surface area contributed by atoms with Gasteiger partial charge in [-0.2, -0.15) is 18.3 Å². The molecule has 1 unspecified atom stereocenters. The van der Waals surface area contributed by atoms with Gasteiger partial charge in [0.2, 0.25) is 0 Å². The van der Waals surface area contributed by atoms with Gasteiger partial charge in [0.05, 0.1) is 17.3 Å². The molecule has 14 heteroatoms. The quantitative estimate of drug-likeness (QED) is 0.216. The average molecular weight is 625 g/mol. The molecule has 0 bridgehead atoms. The van der Waals surface area contributed by atoms with E-state index in [1.165, 1.54) is 17.3 Å². The minimum absolute atomic E-state index is 0.0836. The van der Waals surface area contributed by atoms with Crippen LogP contribution in [0.15, 0.2) is 67.1 Å². The number of rotatable bonds is 4. The van der Waals surface area contributed by atoms with E-state index < -0.39 is 46.9 Å². The van der Waals surface area contributed by atoms with Gasteiger partial charge in [-0.15, -0.1) is 0 Å². The number of aromatic nitrogens is 3. The van der Waals surface area contributed by atoms with E-state index in [2.05, 4.69) is 20.7 Å². The van der Waals surface area contributed by atoms with Crippen molar-refractivity contribution in [2.75, 3.05) is 16.8 Å². The summed E-state index contributed by atoms with van der Waals surface area (Å²) in [6.45, 7) is 0.275. The van der Waals surface area contributed by atoms with Gasteiger partial charge < -0.3 is 10.6 Å². The molecule has 0 saturated heterocycles. The van der Waals surface area contributed by atoms with E-state index in [9.17, 15) is 31.5 Å². The molecule has 0 radical (unpaired) electrons. The summed E-state index contributed by atoms with van der Waals surface area (Å²) < 4.78 is 70.6. The monoisotopic (exact) mass is 624 g/mol. The Morgan fingerprint density at radius 1 is 1.05 bits per heavy atom. The lowest BCUT2D eigenvalue weighted by molar-refractivity contribution is -0.137. The third-order valence-corrected chi connectivity index (χ3v) is 8.04. The Balaban J connectivity index is 1.47. The van der Waals surface area contributed by atoms with Crippen LogP contribution in [0, 0.1) is 11.6 Å². The third-order valence-electron chi connectivity index (χ3n) is 7.70. The highest BCUT2D eigenvalue weighted by atomic mass is 35.5. The molecule has 1 atom stereocenters. The second-order valence-electron chi connectivity index (χ2n) is 10.3. The fourth-order valence-corrected chi connectivity index (χ4v) is 6.07. The van der Waals surface area contributed by atoms with E-state index in [-0.39, 0.29) is 22.8 Å². The maximum atomic E-state index is 14.5. The van der Waals surface area contributed by atoms with Gasteiger partial charge in [-0.25, -0.2) is 23.1 Å². The van der Waals surface area contributed by atoms with Crippen molar-refractivity contribution in [1.82, 2.24) is 19.9 Å². The fourth-order valence-electron chi connectivity index (χ4n) is 5.84. The smallest absolute Gasteiger partial charge is 0.327 e. The van der Waals surface area contributed by atoms with Crippen LogP contribution in [-0.2, 0) is 12.6 Å². The SMILES string of the molecule is O=C(Nc1cc(-c2cccn3ncnc23)c2c3c1C(c1cc(F)ccc1Cl)NC(=O)N3CC2)c1cc(F)cc(C(F)(F)F)c1. The standard InChI is InChI=1S/C30H18ClF5N6O2/c31-22-4-3-16(32)11-21(22)25-24-23(39-28(43)14-8-15(30(34,35)36)10-17(33)9-14)12-20(18-5-7-41(26(18)24)29(44)40-25)19-2-1-6-42-27(19)37-13-38-42/h1-4,6,8-13,25H,5,7H2,(H,39,43)(H,40,44). The van der Waals surface area contributed by atoms with Gasteiger partial charge in [-0.3, -0.25) is 9.69 Å². The zero-order valence-electron chi connectivity index (χ0n) is 22.2. The largest absolute Gasteiger partial charge is 0.416 e. The maximum absolute atomic E-state index is 14.5. The number of carbonyl (C=O) groups is 2. The van der Waals surface area contributed by atoms with E-state index in [1.807, 2.05) is 0 Å². The Morgan fingerprint density at radius 2 is 1.86 bits per heavy atom. The Hall–Kier alpha value is -5.04. The maximum Gasteiger partial charge on any atom is 0.416 e. The van der Waals surface area contributed by atoms with Gasteiger partial charge in [-0.05, 0) is 72.1 Å². The van der Waals surface area contributed by atoms with Crippen molar-refractivity contribution in [3.63, 3.8) is 0 Å². The van der Waals surface area contributed by atoms with Crippen molar-refractivity contribution in [3.05, 3.63) is 112 Å². The van der Waals surface area contributed by atoms with Crippen LogP contribution in [0.2, 0.25) is 5.02 Å². The van der Waals surface area contributed by atoms with Crippen molar-refractivity contribution < 1.29 is 31.5 Å². The molecular weight excluding hydrogens is 607 g/mol. The average Bonchev–Trinajstić information content (AvgIpc) is 3.64. The summed E-state index contributed by atoms with van der Waals surface area (Å²) in [5.74, 6) is -2.91. The van der Waals surface area contributed by atoms with Gasteiger partial charge in [0, 0.05) is 45.7 Å². The number of anilines is 2. The molecule has 2 aromatic heterocycles. The summed E-state index contributed by atoms with van der Waals surface area (Å²) in [4.78, 5) is 32.7. The number of alkyl halides is 3. The van der Waals surface area contributed by atoms with Crippen molar-refractivity contribution in [2.45, 2.75) is 18.6 Å². The first-order chi connectivity index (χ1) is 21.0. The molecule has 0 spiro atoms. The normalized spacial score (nSPS) is 15.8. The highest BCUT2D eigenvalue weighted by molar-refractivity contribution is 6.31. The summed E-state index contributed by atoms with van der Waals surface area (Å²) in [5.41, 5.74) is 1.53. The molecule has 2 N–H and O–H groups in total. The second kappa shape index (κ2) is 10.0. The second-order valence-corrected chi connectivity index (χ2v) is 10.7. The molecule has 3 aromatic carbocycles. The number of hydrogen-bond donors (Lipinski definition) is 2. The summed E-state index contributed by atoms with van der Waals surface area (Å²) in [6, 6.07) is 8.75. The minimum Gasteiger partial charge on any atom is -0.327 e. The van der Waals surface area contributed by atoms with Crippen LogP contribution < -0.4 is 15.5 Å². The van der Waals surface area contributed by atoms with Crippen LogP contribution in [0.4, 0.5) is 38.1 Å². The summed E-state index contributed by atoms with van der Waals surface area (Å²) in [6.07, 6.45) is -1.43. The predicted octanol–water partition coefficient (Wildman–Crippen LogP) is 6.77. The van der Waals surface area contributed by atoms with E-state index >= 15 is 0 Å². The fraction of sp³-hybridized carbons (Fsp3) is 0.133. The van der Waals surface area contributed by atoms with Gasteiger partial charge in [0.15, 0.2) is 5.65 Å². The molecule has 2 aliphatic rings. The first-order valence-corrected chi connectivity index (χ1v) is 13.6. The number of fused-ring (bicyclic) bond motifs is 1. The van der Waals surface area contributed by atoms with Crippen molar-refractivity contribution in [2.24, 2.45) is 0 Å². The van der Waals surface area contributed by atoms with E-state index in [4.69, 9.17) is 11.6 Å². The van der Waals surface area contributed by atoms with Gasteiger partial charge in [0.1, 0.15) is 18.0 Å². The first-order valence-electron chi connectivity index (χ1n) is 13.2. The molecule has 0 saturated carbocycles. The zero-order valence-corrected chi connectivity index (χ0v) is 23.0. The molecule has 0 fully saturated rings. The van der Waals surface area contributed by atoms with Gasteiger partial charge in [-0.1, -0.05) is 11.6 Å². The summed E-state index contributed by atoms with van der Waals surface area (Å²) in [7, 11) is 0. The van der Waals surface area contributed by atoms with Crippen LogP contribution in [0.5, 0.6) is 0 Å². The zero-order chi connectivity index (χ0) is 30.9. The molecule has 7 rings (SSSR count). The van der Waals surface area contributed by atoms with Crippen LogP contribution in [0.1, 0.15) is 38.7 Å². The molecule has 44 heavy (non-hydrogen) atoms. The molecule has 0 aliphatic carbocycles. The van der Waals surface area contributed by atoms with Crippen molar-refractivity contribution in [1.29, 1.82) is 0 Å². The Bertz CT molecular complexity index is 2030. The lowest BCUT2D eigenvalue weighted by Crippen LogP contribution is -2.46. The Kier molecular flexibility index (Phi) is 6.32. The van der Waals surface area contributed by atoms with Gasteiger partial charge >= 0.3 is 12.2 Å². The van der Waals surface area contributed by atoms with E-state index in [1.54, 1.807) is 28.9 Å². The number of carbonyl (C=O) groups excluding carboxylic acids is 2. The number of amides is 3. The van der Waals surface area contributed by atoms with E-state index in [0.717, 1.165) is 17.7 Å². The molecule has 8 nitrogen and oxygen atoms in total. The van der Waals surface area contributed by atoms with Crippen LogP contribution in [-0.4, -0.2) is 33.1 Å². The minimum atomic E-state index is -4.90. The molecule has 222 valence electrons. The highest BCUT2D eigenvalue weighted by Gasteiger charge is 2.41. The van der Waals surface area contributed by atoms with Crippen LogP contribution in [0.25, 0.3) is 16.8 Å². The van der Waals surface area contributed by atoms with Crippen LogP contribution in [0.3, 0.4) is 0 Å². The number of nitrogens with zero attached hydrogens (tertiary/aromatic N) is 4.